The molecule has 5 heteroatoms. The molecule has 0 radical (unpaired) electrons. The highest BCUT2D eigenvalue weighted by atomic mass is 16.6. The first-order valence-corrected chi connectivity index (χ1v) is 3.86. The zero-order chi connectivity index (χ0) is 10.3. The number of aromatic carboxylic acids is 1. The van der Waals surface area contributed by atoms with Crippen LogP contribution in [0, 0.1) is 0 Å². The number of rotatable bonds is 1. The summed E-state index contributed by atoms with van der Waals surface area (Å²) in [6, 6.07) is 3.85. The smallest absolute Gasteiger partial charge is 0.341 e. The quantitative estimate of drug-likeness (QED) is 0.637. The molecule has 2 rings (SSSR count). The van der Waals surface area contributed by atoms with E-state index >= 15 is 0 Å². The lowest BCUT2D eigenvalue weighted by atomic mass is 10.1. The SMILES string of the molecule is O=C(O)c1ccc2c(c1)C(O)OC2=O. The summed E-state index contributed by atoms with van der Waals surface area (Å²) < 4.78 is 4.49. The monoisotopic (exact) mass is 194 g/mol. The Labute approximate surface area is 78.5 Å². The maximum atomic E-state index is 11.0. The van der Waals surface area contributed by atoms with Crippen LogP contribution in [0.3, 0.4) is 0 Å². The van der Waals surface area contributed by atoms with Crippen molar-refractivity contribution in [2.24, 2.45) is 0 Å². The van der Waals surface area contributed by atoms with Crippen LogP contribution in [0.4, 0.5) is 0 Å². The first-order valence-electron chi connectivity index (χ1n) is 3.86. The maximum absolute atomic E-state index is 11.0. The number of hydrogen-bond acceptors (Lipinski definition) is 4. The van der Waals surface area contributed by atoms with Crippen LogP contribution in [-0.2, 0) is 4.74 Å². The number of hydrogen-bond donors (Lipinski definition) is 2. The summed E-state index contributed by atoms with van der Waals surface area (Å²) in [5, 5.41) is 17.9. The van der Waals surface area contributed by atoms with Crippen LogP contribution in [0.5, 0.6) is 0 Å². The minimum absolute atomic E-state index is 0.0149. The van der Waals surface area contributed by atoms with Gasteiger partial charge in [0.1, 0.15) is 0 Å². The van der Waals surface area contributed by atoms with Gasteiger partial charge in [0.05, 0.1) is 11.1 Å². The van der Waals surface area contributed by atoms with Gasteiger partial charge in [-0.3, -0.25) is 0 Å². The molecule has 1 aromatic rings. The number of cyclic esters (lactones) is 1. The molecule has 0 saturated carbocycles. The highest BCUT2D eigenvalue weighted by Crippen LogP contribution is 2.28. The van der Waals surface area contributed by atoms with Crippen molar-refractivity contribution in [3.8, 4) is 0 Å². The van der Waals surface area contributed by atoms with E-state index in [4.69, 9.17) is 5.11 Å². The number of carboxylic acid groups (broad SMARTS) is 1. The number of fused-ring (bicyclic) bond motifs is 1. The van der Waals surface area contributed by atoms with E-state index < -0.39 is 18.2 Å². The second kappa shape index (κ2) is 2.81. The Kier molecular flexibility index (Phi) is 1.75. The van der Waals surface area contributed by atoms with Crippen molar-refractivity contribution in [2.75, 3.05) is 0 Å². The average molecular weight is 194 g/mol. The first kappa shape index (κ1) is 8.71. The summed E-state index contributed by atoms with van der Waals surface area (Å²) in [6.45, 7) is 0. The van der Waals surface area contributed by atoms with Crippen LogP contribution in [0.15, 0.2) is 18.2 Å². The predicted octanol–water partition coefficient (Wildman–Crippen LogP) is 0.546. The molecule has 0 amide bonds. The van der Waals surface area contributed by atoms with Crippen LogP contribution in [-0.4, -0.2) is 22.2 Å². The van der Waals surface area contributed by atoms with Gasteiger partial charge in [-0.1, -0.05) is 0 Å². The molecule has 0 fully saturated rings. The highest BCUT2D eigenvalue weighted by Gasteiger charge is 2.29. The van der Waals surface area contributed by atoms with E-state index in [1.54, 1.807) is 0 Å². The normalized spacial score (nSPS) is 18.9. The molecule has 0 saturated heterocycles. The molecule has 0 spiro atoms. The number of esters is 1. The molecular weight excluding hydrogens is 188 g/mol. The van der Waals surface area contributed by atoms with Crippen LogP contribution in [0.1, 0.15) is 32.6 Å². The summed E-state index contributed by atoms with van der Waals surface area (Å²) >= 11 is 0. The van der Waals surface area contributed by atoms with Crippen LogP contribution in [0.2, 0.25) is 0 Å². The van der Waals surface area contributed by atoms with Crippen molar-refractivity contribution in [3.63, 3.8) is 0 Å². The lowest BCUT2D eigenvalue weighted by molar-refractivity contribution is -0.0547. The maximum Gasteiger partial charge on any atom is 0.341 e. The summed E-state index contributed by atoms with van der Waals surface area (Å²) in [5.74, 6) is -1.75. The lowest BCUT2D eigenvalue weighted by Crippen LogP contribution is -1.99. The van der Waals surface area contributed by atoms with E-state index in [9.17, 15) is 14.7 Å². The van der Waals surface area contributed by atoms with Crippen molar-refractivity contribution < 1.29 is 24.5 Å². The summed E-state index contributed by atoms with van der Waals surface area (Å²) in [7, 11) is 0. The molecule has 2 N–H and O–H groups in total. The Balaban J connectivity index is 2.55. The minimum Gasteiger partial charge on any atom is -0.478 e. The second-order valence-electron chi connectivity index (χ2n) is 2.86. The van der Waals surface area contributed by atoms with Gasteiger partial charge in [-0.25, -0.2) is 9.59 Å². The molecule has 1 unspecified atom stereocenters. The van der Waals surface area contributed by atoms with Gasteiger partial charge in [-0.2, -0.15) is 0 Å². The number of carboxylic acids is 1. The second-order valence-corrected chi connectivity index (χ2v) is 2.86. The fourth-order valence-corrected chi connectivity index (χ4v) is 1.31. The molecule has 0 bridgehead atoms. The Bertz CT molecular complexity index is 423. The van der Waals surface area contributed by atoms with Gasteiger partial charge in [0.15, 0.2) is 0 Å². The molecule has 1 atom stereocenters. The van der Waals surface area contributed by atoms with Crippen molar-refractivity contribution >= 4 is 11.9 Å². The molecule has 5 nitrogen and oxygen atoms in total. The standard InChI is InChI=1S/C9H6O5/c10-7(11)4-1-2-5-6(3-4)9(13)14-8(5)12/h1-3,9,13H,(H,10,11). The third kappa shape index (κ3) is 1.14. The van der Waals surface area contributed by atoms with Gasteiger partial charge in [0.2, 0.25) is 6.29 Å². The van der Waals surface area contributed by atoms with Crippen molar-refractivity contribution in [2.45, 2.75) is 6.29 Å². The lowest BCUT2D eigenvalue weighted by Gasteiger charge is -2.01. The molecule has 14 heavy (non-hydrogen) atoms. The zero-order valence-electron chi connectivity index (χ0n) is 6.93. The average Bonchev–Trinajstić information content (AvgIpc) is 2.42. The fraction of sp³-hybridized carbons (Fsp3) is 0.111. The fourth-order valence-electron chi connectivity index (χ4n) is 1.31. The Morgan fingerprint density at radius 2 is 2.14 bits per heavy atom. The minimum atomic E-state index is -1.35. The van der Waals surface area contributed by atoms with E-state index in [0.717, 1.165) is 0 Å². The predicted molar refractivity (Wildman–Crippen MR) is 43.8 cm³/mol. The third-order valence-corrected chi connectivity index (χ3v) is 2.00. The number of aliphatic hydroxyl groups excluding tert-OH is 1. The largest absolute Gasteiger partial charge is 0.478 e. The van der Waals surface area contributed by atoms with Gasteiger partial charge in [0, 0.05) is 5.56 Å². The topological polar surface area (TPSA) is 83.8 Å². The van der Waals surface area contributed by atoms with E-state index in [1.807, 2.05) is 0 Å². The van der Waals surface area contributed by atoms with Gasteiger partial charge in [-0.15, -0.1) is 0 Å². The number of ether oxygens (including phenoxy) is 1. The van der Waals surface area contributed by atoms with Gasteiger partial charge < -0.3 is 14.9 Å². The number of benzene rings is 1. The molecule has 72 valence electrons. The third-order valence-electron chi connectivity index (χ3n) is 2.00. The zero-order valence-corrected chi connectivity index (χ0v) is 6.93. The number of aliphatic hydroxyl groups is 1. The summed E-state index contributed by atoms with van der Waals surface area (Å²) in [5.41, 5.74) is 0.429. The molecule has 1 aliphatic heterocycles. The summed E-state index contributed by atoms with van der Waals surface area (Å²) in [6.07, 6.45) is -1.35. The van der Waals surface area contributed by atoms with E-state index in [-0.39, 0.29) is 16.7 Å². The van der Waals surface area contributed by atoms with Crippen molar-refractivity contribution in [3.05, 3.63) is 34.9 Å². The molecule has 1 aliphatic rings. The molecule has 0 aromatic heterocycles. The Morgan fingerprint density at radius 3 is 2.79 bits per heavy atom. The first-order chi connectivity index (χ1) is 6.59. The van der Waals surface area contributed by atoms with Crippen LogP contribution < -0.4 is 0 Å². The Morgan fingerprint density at radius 1 is 1.43 bits per heavy atom. The molecule has 0 aliphatic carbocycles. The van der Waals surface area contributed by atoms with Gasteiger partial charge in [0.25, 0.3) is 0 Å². The van der Waals surface area contributed by atoms with Crippen LogP contribution >= 0.6 is 0 Å². The number of carbonyl (C=O) groups excluding carboxylic acids is 1. The molecular formula is C9H6O5. The molecule has 1 aromatic carbocycles. The highest BCUT2D eigenvalue weighted by molar-refractivity contribution is 5.96. The van der Waals surface area contributed by atoms with E-state index in [2.05, 4.69) is 4.74 Å². The van der Waals surface area contributed by atoms with Crippen LogP contribution in [0.25, 0.3) is 0 Å². The van der Waals surface area contributed by atoms with Crippen molar-refractivity contribution in [1.29, 1.82) is 0 Å². The molecule has 1 heterocycles. The van der Waals surface area contributed by atoms with Gasteiger partial charge in [-0.05, 0) is 18.2 Å². The number of carbonyl (C=O) groups is 2. The van der Waals surface area contributed by atoms with E-state index in [1.165, 1.54) is 18.2 Å². The van der Waals surface area contributed by atoms with E-state index in [0.29, 0.717) is 0 Å². The summed E-state index contributed by atoms with van der Waals surface area (Å²) in [4.78, 5) is 21.6. The van der Waals surface area contributed by atoms with Crippen molar-refractivity contribution in [1.82, 2.24) is 0 Å². The Hall–Kier alpha value is -1.88. The van der Waals surface area contributed by atoms with Gasteiger partial charge >= 0.3 is 11.9 Å².